The first-order valence-corrected chi connectivity index (χ1v) is 10.1. The monoisotopic (exact) mass is 355 g/mol. The fraction of sp³-hybridized carbons (Fsp3) is 0.591. The number of ether oxygens (including phenoxy) is 1. The molecular weight excluding hydrogens is 322 g/mol. The molecule has 3 rings (SSSR count). The van der Waals surface area contributed by atoms with Crippen LogP contribution < -0.4 is 5.32 Å². The third-order valence-corrected chi connectivity index (χ3v) is 5.52. The van der Waals surface area contributed by atoms with Crippen molar-refractivity contribution < 1.29 is 4.74 Å². The van der Waals surface area contributed by atoms with E-state index >= 15 is 0 Å². The summed E-state index contributed by atoms with van der Waals surface area (Å²) in [4.78, 5) is 7.36. The summed E-state index contributed by atoms with van der Waals surface area (Å²) in [5, 5.41) is 3.50. The number of hydrogen-bond donors (Lipinski definition) is 1. The molecule has 4 heteroatoms. The van der Waals surface area contributed by atoms with Gasteiger partial charge in [0.05, 0.1) is 13.2 Å². The highest BCUT2D eigenvalue weighted by molar-refractivity contribution is 5.80. The SMILES string of the molecule is CCNC(=NCCC1=CCOCC1)N1CCC(c2ccccc2)C(C)C1. The summed E-state index contributed by atoms with van der Waals surface area (Å²) in [5.74, 6) is 2.37. The second-order valence-corrected chi connectivity index (χ2v) is 7.40. The zero-order chi connectivity index (χ0) is 18.2. The summed E-state index contributed by atoms with van der Waals surface area (Å²) in [6.07, 6.45) is 5.53. The Morgan fingerprint density at radius 1 is 1.31 bits per heavy atom. The number of piperidine rings is 1. The fourth-order valence-corrected chi connectivity index (χ4v) is 4.06. The second kappa shape index (κ2) is 9.77. The van der Waals surface area contributed by atoms with Crippen LogP contribution in [-0.4, -0.2) is 50.3 Å². The Kier molecular flexibility index (Phi) is 7.13. The maximum Gasteiger partial charge on any atom is 0.193 e. The van der Waals surface area contributed by atoms with Crippen molar-refractivity contribution in [3.63, 3.8) is 0 Å². The fourth-order valence-electron chi connectivity index (χ4n) is 4.06. The number of benzene rings is 1. The first kappa shape index (κ1) is 19.0. The number of hydrogen-bond acceptors (Lipinski definition) is 2. The number of rotatable bonds is 5. The summed E-state index contributed by atoms with van der Waals surface area (Å²) in [6, 6.07) is 11.0. The molecule has 4 nitrogen and oxygen atoms in total. The zero-order valence-corrected chi connectivity index (χ0v) is 16.3. The second-order valence-electron chi connectivity index (χ2n) is 7.40. The van der Waals surface area contributed by atoms with E-state index in [4.69, 9.17) is 9.73 Å². The molecule has 0 bridgehead atoms. The molecule has 0 aliphatic carbocycles. The highest BCUT2D eigenvalue weighted by atomic mass is 16.5. The van der Waals surface area contributed by atoms with E-state index in [2.05, 4.69) is 60.5 Å². The van der Waals surface area contributed by atoms with Gasteiger partial charge in [0.1, 0.15) is 0 Å². The van der Waals surface area contributed by atoms with Crippen LogP contribution >= 0.6 is 0 Å². The molecule has 2 atom stereocenters. The molecule has 1 fully saturated rings. The van der Waals surface area contributed by atoms with E-state index in [1.807, 2.05) is 0 Å². The van der Waals surface area contributed by atoms with Crippen molar-refractivity contribution in [2.45, 2.75) is 39.0 Å². The van der Waals surface area contributed by atoms with Crippen molar-refractivity contribution in [1.29, 1.82) is 0 Å². The van der Waals surface area contributed by atoms with Gasteiger partial charge in [0.2, 0.25) is 0 Å². The molecule has 0 saturated carbocycles. The van der Waals surface area contributed by atoms with Crippen LogP contribution in [0.1, 0.15) is 44.6 Å². The first-order chi connectivity index (χ1) is 12.8. The van der Waals surface area contributed by atoms with Crippen molar-refractivity contribution in [2.75, 3.05) is 39.4 Å². The maximum atomic E-state index is 5.39. The Labute approximate surface area is 158 Å². The predicted octanol–water partition coefficient (Wildman–Crippen LogP) is 3.81. The van der Waals surface area contributed by atoms with Gasteiger partial charge in [-0.3, -0.25) is 4.99 Å². The Balaban J connectivity index is 1.58. The lowest BCUT2D eigenvalue weighted by atomic mass is 9.82. The number of guanidine groups is 1. The molecule has 26 heavy (non-hydrogen) atoms. The Bertz CT molecular complexity index is 611. The molecule has 2 aliphatic heterocycles. The minimum Gasteiger partial charge on any atom is -0.377 e. The van der Waals surface area contributed by atoms with E-state index < -0.39 is 0 Å². The lowest BCUT2D eigenvalue weighted by Gasteiger charge is -2.39. The Morgan fingerprint density at radius 2 is 2.15 bits per heavy atom. The first-order valence-electron chi connectivity index (χ1n) is 10.1. The van der Waals surface area contributed by atoms with Gasteiger partial charge in [0, 0.05) is 26.2 Å². The highest BCUT2D eigenvalue weighted by Crippen LogP contribution is 2.32. The molecule has 2 aliphatic rings. The predicted molar refractivity (Wildman–Crippen MR) is 109 cm³/mol. The van der Waals surface area contributed by atoms with Gasteiger partial charge in [-0.1, -0.05) is 48.9 Å². The number of aliphatic imine (C=N–C) groups is 1. The lowest BCUT2D eigenvalue weighted by molar-refractivity contribution is 0.153. The van der Waals surface area contributed by atoms with Crippen LogP contribution in [0.5, 0.6) is 0 Å². The van der Waals surface area contributed by atoms with Gasteiger partial charge >= 0.3 is 0 Å². The van der Waals surface area contributed by atoms with Crippen LogP contribution in [0.3, 0.4) is 0 Å². The van der Waals surface area contributed by atoms with E-state index in [9.17, 15) is 0 Å². The number of likely N-dealkylation sites (tertiary alicyclic amines) is 1. The van der Waals surface area contributed by atoms with Gasteiger partial charge in [-0.25, -0.2) is 0 Å². The molecule has 0 aromatic heterocycles. The van der Waals surface area contributed by atoms with Gasteiger partial charge in [-0.2, -0.15) is 0 Å². The normalized spacial score (nSPS) is 24.3. The zero-order valence-electron chi connectivity index (χ0n) is 16.3. The topological polar surface area (TPSA) is 36.9 Å². The molecule has 2 unspecified atom stereocenters. The van der Waals surface area contributed by atoms with Gasteiger partial charge in [0.15, 0.2) is 5.96 Å². The van der Waals surface area contributed by atoms with Crippen molar-refractivity contribution in [3.8, 4) is 0 Å². The third kappa shape index (κ3) is 5.10. The Morgan fingerprint density at radius 3 is 2.85 bits per heavy atom. The van der Waals surface area contributed by atoms with Crippen LogP contribution in [-0.2, 0) is 4.74 Å². The minimum absolute atomic E-state index is 0.633. The largest absolute Gasteiger partial charge is 0.377 e. The average molecular weight is 356 g/mol. The summed E-state index contributed by atoms with van der Waals surface area (Å²) in [6.45, 7) is 10.1. The summed E-state index contributed by atoms with van der Waals surface area (Å²) >= 11 is 0. The molecule has 0 radical (unpaired) electrons. The quantitative estimate of drug-likeness (QED) is 0.496. The summed E-state index contributed by atoms with van der Waals surface area (Å²) in [5.41, 5.74) is 2.97. The van der Waals surface area contributed by atoms with Crippen LogP contribution in [0.4, 0.5) is 0 Å². The van der Waals surface area contributed by atoms with E-state index in [1.54, 1.807) is 0 Å². The molecule has 2 heterocycles. The van der Waals surface area contributed by atoms with E-state index in [-0.39, 0.29) is 0 Å². The molecule has 142 valence electrons. The molecule has 0 spiro atoms. The van der Waals surface area contributed by atoms with Crippen molar-refractivity contribution in [3.05, 3.63) is 47.5 Å². The minimum atomic E-state index is 0.633. The number of nitrogens with one attached hydrogen (secondary N) is 1. The Hall–Kier alpha value is -1.81. The molecule has 0 amide bonds. The summed E-state index contributed by atoms with van der Waals surface area (Å²) in [7, 11) is 0. The lowest BCUT2D eigenvalue weighted by Crippen LogP contribution is -2.48. The van der Waals surface area contributed by atoms with Gasteiger partial charge in [0.25, 0.3) is 0 Å². The summed E-state index contributed by atoms with van der Waals surface area (Å²) < 4.78 is 5.39. The van der Waals surface area contributed by atoms with E-state index in [0.29, 0.717) is 11.8 Å². The third-order valence-electron chi connectivity index (χ3n) is 5.52. The molecular formula is C22H33N3O. The van der Waals surface area contributed by atoms with Crippen LogP contribution in [0.15, 0.2) is 47.0 Å². The van der Waals surface area contributed by atoms with E-state index in [0.717, 1.165) is 58.2 Å². The average Bonchev–Trinajstić information content (AvgIpc) is 2.69. The molecule has 1 saturated heterocycles. The molecule has 1 aromatic carbocycles. The van der Waals surface area contributed by atoms with Crippen LogP contribution in [0.25, 0.3) is 0 Å². The molecule has 1 aromatic rings. The van der Waals surface area contributed by atoms with Crippen molar-refractivity contribution in [1.82, 2.24) is 10.2 Å². The van der Waals surface area contributed by atoms with Crippen LogP contribution in [0.2, 0.25) is 0 Å². The standard InChI is InChI=1S/C22H33N3O/c1-3-23-22(24-13-9-19-11-15-26-16-12-19)25-14-10-21(18(2)17-25)20-7-5-4-6-8-20/h4-8,11,18,21H,3,9-10,12-17H2,1-2H3,(H,23,24). The number of nitrogens with zero attached hydrogens (tertiary/aromatic N) is 2. The smallest absolute Gasteiger partial charge is 0.193 e. The molecule has 1 N–H and O–H groups in total. The van der Waals surface area contributed by atoms with Gasteiger partial charge in [-0.15, -0.1) is 0 Å². The highest BCUT2D eigenvalue weighted by Gasteiger charge is 2.28. The van der Waals surface area contributed by atoms with Gasteiger partial charge < -0.3 is 15.0 Å². The van der Waals surface area contributed by atoms with E-state index in [1.165, 1.54) is 17.6 Å². The van der Waals surface area contributed by atoms with Crippen molar-refractivity contribution in [2.24, 2.45) is 10.9 Å². The van der Waals surface area contributed by atoms with Gasteiger partial charge in [-0.05, 0) is 43.6 Å². The van der Waals surface area contributed by atoms with Crippen molar-refractivity contribution >= 4 is 5.96 Å². The van der Waals surface area contributed by atoms with Crippen LogP contribution in [0, 0.1) is 5.92 Å². The maximum absolute atomic E-state index is 5.39.